The fourth-order valence-electron chi connectivity index (χ4n) is 3.75. The predicted octanol–water partition coefficient (Wildman–Crippen LogP) is 3.45. The summed E-state index contributed by atoms with van der Waals surface area (Å²) in [5.41, 5.74) is 1.06. The third-order valence-electron chi connectivity index (χ3n) is 4.99. The maximum absolute atomic E-state index is 12.4. The molecule has 0 amide bonds. The van der Waals surface area contributed by atoms with Gasteiger partial charge in [-0.2, -0.15) is 0 Å². The first-order chi connectivity index (χ1) is 11.6. The molecule has 0 bridgehead atoms. The molecule has 0 aliphatic heterocycles. The van der Waals surface area contributed by atoms with Crippen molar-refractivity contribution in [2.75, 3.05) is 6.61 Å². The van der Waals surface area contributed by atoms with Gasteiger partial charge < -0.3 is 14.9 Å². The second-order valence-electron chi connectivity index (χ2n) is 7.28. The summed E-state index contributed by atoms with van der Waals surface area (Å²) in [7, 11) is 0. The van der Waals surface area contributed by atoms with E-state index >= 15 is 0 Å². The predicted molar refractivity (Wildman–Crippen MR) is 93.2 cm³/mol. The van der Waals surface area contributed by atoms with Gasteiger partial charge >= 0.3 is 5.97 Å². The number of ether oxygens (including phenoxy) is 1. The van der Waals surface area contributed by atoms with E-state index in [-0.39, 0.29) is 35.4 Å². The first-order valence-electron chi connectivity index (χ1n) is 8.32. The van der Waals surface area contributed by atoms with Crippen molar-refractivity contribution in [1.82, 2.24) is 0 Å². The van der Waals surface area contributed by atoms with Crippen LogP contribution in [0.5, 0.6) is 11.5 Å². The van der Waals surface area contributed by atoms with E-state index in [2.05, 4.69) is 0 Å². The Bertz CT molecular complexity index is 829. The number of hydrogen-bond donors (Lipinski definition) is 2. The summed E-state index contributed by atoms with van der Waals surface area (Å²) >= 11 is 0. The highest BCUT2D eigenvalue weighted by atomic mass is 16.5. The fourth-order valence-corrected chi connectivity index (χ4v) is 3.75. The molecule has 0 saturated carbocycles. The van der Waals surface area contributed by atoms with Gasteiger partial charge in [0.1, 0.15) is 18.1 Å². The van der Waals surface area contributed by atoms with Gasteiger partial charge in [0.05, 0.1) is 5.56 Å². The van der Waals surface area contributed by atoms with Crippen molar-refractivity contribution in [2.24, 2.45) is 0 Å². The van der Waals surface area contributed by atoms with Gasteiger partial charge in [-0.15, -0.1) is 0 Å². The van der Waals surface area contributed by atoms with Crippen LogP contribution in [0.1, 0.15) is 66.6 Å². The second-order valence-corrected chi connectivity index (χ2v) is 7.28. The normalized spacial score (nSPS) is 23.1. The van der Waals surface area contributed by atoms with Crippen LogP contribution in [0.25, 0.3) is 0 Å². The van der Waals surface area contributed by atoms with E-state index in [1.165, 1.54) is 13.0 Å². The van der Waals surface area contributed by atoms with Crippen molar-refractivity contribution < 1.29 is 24.5 Å². The molecule has 2 aliphatic carbocycles. The maximum Gasteiger partial charge on any atom is 0.302 e. The Labute approximate surface area is 146 Å². The number of rotatable bonds is 2. The van der Waals surface area contributed by atoms with Gasteiger partial charge in [-0.05, 0) is 6.08 Å². The van der Waals surface area contributed by atoms with Crippen LogP contribution in [0, 0.1) is 0 Å². The van der Waals surface area contributed by atoms with E-state index in [0.29, 0.717) is 16.7 Å². The Morgan fingerprint density at radius 1 is 1.20 bits per heavy atom. The van der Waals surface area contributed by atoms with E-state index in [0.717, 1.165) is 0 Å². The summed E-state index contributed by atoms with van der Waals surface area (Å²) in [5, 5.41) is 21.9. The Morgan fingerprint density at radius 2 is 1.88 bits per heavy atom. The summed E-state index contributed by atoms with van der Waals surface area (Å²) in [4.78, 5) is 23.6. The zero-order valence-electron chi connectivity index (χ0n) is 14.8. The molecule has 5 nitrogen and oxygen atoms in total. The molecule has 0 radical (unpaired) electrons. The average Bonchev–Trinajstić information content (AvgIpc) is 2.53. The molecule has 1 aromatic rings. The van der Waals surface area contributed by atoms with Crippen LogP contribution in [0.15, 0.2) is 24.3 Å². The molecule has 2 aliphatic rings. The molecular weight excluding hydrogens is 320 g/mol. The van der Waals surface area contributed by atoms with Crippen LogP contribution >= 0.6 is 0 Å². The zero-order chi connectivity index (χ0) is 18.5. The number of hydrogen-bond acceptors (Lipinski definition) is 5. The van der Waals surface area contributed by atoms with E-state index in [9.17, 15) is 19.8 Å². The van der Waals surface area contributed by atoms with E-state index in [1.54, 1.807) is 6.08 Å². The summed E-state index contributed by atoms with van der Waals surface area (Å²) in [6.07, 6.45) is 6.92. The Morgan fingerprint density at radius 3 is 2.52 bits per heavy atom. The highest BCUT2D eigenvalue weighted by Gasteiger charge is 2.39. The monoisotopic (exact) mass is 342 g/mol. The maximum atomic E-state index is 12.4. The number of allylic oxidation sites excluding steroid dienone is 3. The smallest absolute Gasteiger partial charge is 0.302 e. The SMILES string of the molecule is CC(=O)OCC1C=CC(C)c2c(O)c3c(c(O)c21)C(=O)C=CC3(C)C. The number of carbonyl (C=O) groups is 2. The van der Waals surface area contributed by atoms with Crippen LogP contribution in [0.3, 0.4) is 0 Å². The lowest BCUT2D eigenvalue weighted by Gasteiger charge is -2.34. The number of fused-ring (bicyclic) bond motifs is 2. The molecule has 0 heterocycles. The number of phenols is 2. The second kappa shape index (κ2) is 5.76. The quantitative estimate of drug-likeness (QED) is 0.488. The van der Waals surface area contributed by atoms with Gasteiger partial charge in [0.25, 0.3) is 0 Å². The molecule has 2 N–H and O–H groups in total. The molecular formula is C20H22O5. The minimum Gasteiger partial charge on any atom is -0.507 e. The highest BCUT2D eigenvalue weighted by Crippen LogP contribution is 2.52. The molecule has 1 aromatic carbocycles. The number of phenolic OH excluding ortho intramolecular Hbond substituents is 2. The van der Waals surface area contributed by atoms with E-state index in [4.69, 9.17) is 4.74 Å². The van der Waals surface area contributed by atoms with Crippen LogP contribution in [0.4, 0.5) is 0 Å². The van der Waals surface area contributed by atoms with E-state index in [1.807, 2.05) is 32.9 Å². The van der Waals surface area contributed by atoms with Crippen LogP contribution < -0.4 is 0 Å². The third-order valence-corrected chi connectivity index (χ3v) is 4.99. The fraction of sp³-hybridized carbons (Fsp3) is 0.400. The average molecular weight is 342 g/mol. The lowest BCUT2D eigenvalue weighted by Crippen LogP contribution is -2.26. The summed E-state index contributed by atoms with van der Waals surface area (Å²) in [5.74, 6) is -1.38. The number of aromatic hydroxyl groups is 2. The topological polar surface area (TPSA) is 83.8 Å². The lowest BCUT2D eigenvalue weighted by molar-refractivity contribution is -0.141. The molecule has 25 heavy (non-hydrogen) atoms. The number of esters is 1. The number of ketones is 1. The van der Waals surface area contributed by atoms with Crippen molar-refractivity contribution in [1.29, 1.82) is 0 Å². The largest absolute Gasteiger partial charge is 0.507 e. The van der Waals surface area contributed by atoms with E-state index < -0.39 is 17.3 Å². The Balaban J connectivity index is 2.27. The van der Waals surface area contributed by atoms with Crippen LogP contribution in [-0.2, 0) is 14.9 Å². The standard InChI is InChI=1S/C20H22O5/c1-10-5-6-12(9-25-11(2)21)15-14(10)19(24)17-16(18(15)23)13(22)7-8-20(17,3)4/h5-8,10,12,23-24H,9H2,1-4H3. The molecule has 0 spiro atoms. The van der Waals surface area contributed by atoms with Crippen LogP contribution in [-0.4, -0.2) is 28.6 Å². The van der Waals surface area contributed by atoms with Crippen LogP contribution in [0.2, 0.25) is 0 Å². The van der Waals surface area contributed by atoms with Gasteiger partial charge in [0.15, 0.2) is 5.78 Å². The summed E-state index contributed by atoms with van der Waals surface area (Å²) < 4.78 is 5.10. The van der Waals surface area contributed by atoms with Crippen molar-refractivity contribution in [3.8, 4) is 11.5 Å². The first-order valence-corrected chi connectivity index (χ1v) is 8.32. The van der Waals surface area contributed by atoms with Gasteiger partial charge in [0, 0.05) is 40.9 Å². The van der Waals surface area contributed by atoms with Crippen molar-refractivity contribution in [3.05, 3.63) is 46.6 Å². The lowest BCUT2D eigenvalue weighted by atomic mass is 9.70. The molecule has 2 unspecified atom stereocenters. The highest BCUT2D eigenvalue weighted by molar-refractivity contribution is 6.10. The van der Waals surface area contributed by atoms with Crippen molar-refractivity contribution in [3.63, 3.8) is 0 Å². The van der Waals surface area contributed by atoms with Crippen molar-refractivity contribution >= 4 is 11.8 Å². The first kappa shape index (κ1) is 17.3. The van der Waals surface area contributed by atoms with Gasteiger partial charge in [-0.3, -0.25) is 9.59 Å². The van der Waals surface area contributed by atoms with Gasteiger partial charge in [-0.25, -0.2) is 0 Å². The molecule has 132 valence electrons. The summed E-state index contributed by atoms with van der Waals surface area (Å²) in [6, 6.07) is 0. The molecule has 0 saturated heterocycles. The Kier molecular flexibility index (Phi) is 3.98. The third kappa shape index (κ3) is 2.64. The molecule has 0 fully saturated rings. The number of benzene rings is 1. The van der Waals surface area contributed by atoms with Crippen molar-refractivity contribution in [2.45, 2.75) is 44.9 Å². The Hall–Kier alpha value is -2.56. The van der Waals surface area contributed by atoms with Gasteiger partial charge in [-0.1, -0.05) is 39.0 Å². The summed E-state index contributed by atoms with van der Waals surface area (Å²) in [6.45, 7) is 7.05. The molecule has 2 atom stereocenters. The van der Waals surface area contributed by atoms with Gasteiger partial charge in [0.2, 0.25) is 0 Å². The molecule has 0 aromatic heterocycles. The number of carbonyl (C=O) groups excluding carboxylic acids is 2. The zero-order valence-corrected chi connectivity index (χ0v) is 14.8. The minimum atomic E-state index is -0.577. The molecule has 3 rings (SSSR count). The molecule has 5 heteroatoms. The minimum absolute atomic E-state index is 0.0372.